The number of rotatable bonds is 5. The molecule has 0 saturated carbocycles. The van der Waals surface area contributed by atoms with Crippen LogP contribution in [-0.4, -0.2) is 28.8 Å². The first-order valence-electron chi connectivity index (χ1n) is 4.98. The van der Waals surface area contributed by atoms with Gasteiger partial charge in [-0.2, -0.15) is 5.10 Å². The number of nitrogens with zero attached hydrogens (tertiary/aromatic N) is 2. The summed E-state index contributed by atoms with van der Waals surface area (Å²) in [5.41, 5.74) is 4.44. The molecule has 0 spiro atoms. The van der Waals surface area contributed by atoms with E-state index < -0.39 is 24.6 Å². The molecular formula is C9H13ClF2N4O. The summed E-state index contributed by atoms with van der Waals surface area (Å²) in [5, 5.41) is 5.97. The largest absolute Gasteiger partial charge is 0.376 e. The van der Waals surface area contributed by atoms with Crippen molar-refractivity contribution in [2.24, 2.45) is 5.73 Å². The Morgan fingerprint density at radius 1 is 1.65 bits per heavy atom. The van der Waals surface area contributed by atoms with Crippen LogP contribution in [0.1, 0.15) is 6.92 Å². The highest BCUT2D eigenvalue weighted by Gasteiger charge is 2.26. The van der Waals surface area contributed by atoms with E-state index in [9.17, 15) is 13.6 Å². The van der Waals surface area contributed by atoms with E-state index >= 15 is 0 Å². The smallest absolute Gasteiger partial charge is 0.287 e. The van der Waals surface area contributed by atoms with Gasteiger partial charge in [-0.15, -0.1) is 0 Å². The van der Waals surface area contributed by atoms with Gasteiger partial charge in [0.2, 0.25) is 0 Å². The maximum absolute atomic E-state index is 12.9. The van der Waals surface area contributed by atoms with Crippen LogP contribution in [0.4, 0.5) is 14.5 Å². The van der Waals surface area contributed by atoms with Gasteiger partial charge < -0.3 is 11.1 Å². The topological polar surface area (TPSA) is 72.9 Å². The normalized spacial score (nSPS) is 11.6. The summed E-state index contributed by atoms with van der Waals surface area (Å²) >= 11 is 5.74. The summed E-state index contributed by atoms with van der Waals surface area (Å²) in [5.74, 6) is -3.05. The van der Waals surface area contributed by atoms with E-state index in [1.54, 1.807) is 6.92 Å². The second kappa shape index (κ2) is 5.42. The lowest BCUT2D eigenvalue weighted by Crippen LogP contribution is -2.36. The van der Waals surface area contributed by atoms with Gasteiger partial charge in [0.05, 0.1) is 25.0 Å². The number of hydrogen-bond acceptors (Lipinski definition) is 4. The van der Waals surface area contributed by atoms with Crippen molar-refractivity contribution in [2.45, 2.75) is 19.4 Å². The maximum atomic E-state index is 12.9. The lowest BCUT2D eigenvalue weighted by molar-refractivity contribution is 0.0254. The summed E-state index contributed by atoms with van der Waals surface area (Å²) in [4.78, 5) is 11.5. The minimum atomic E-state index is -3.05. The predicted molar refractivity (Wildman–Crippen MR) is 61.7 cm³/mol. The van der Waals surface area contributed by atoms with E-state index in [4.69, 9.17) is 17.3 Å². The standard InChI is InChI=1S/C9H13ClF2N4O/c1-2-16-8(17)7(10)6(3-15-16)14-5-9(11,12)4-13/h3,14H,2,4-5,13H2,1H3. The lowest BCUT2D eigenvalue weighted by Gasteiger charge is -2.16. The van der Waals surface area contributed by atoms with Crippen LogP contribution in [0.2, 0.25) is 5.02 Å². The van der Waals surface area contributed by atoms with E-state index in [0.717, 1.165) is 4.68 Å². The summed E-state index contributed by atoms with van der Waals surface area (Å²) in [6.07, 6.45) is 1.24. The molecule has 0 aliphatic heterocycles. The van der Waals surface area contributed by atoms with Crippen molar-refractivity contribution < 1.29 is 8.78 Å². The fraction of sp³-hybridized carbons (Fsp3) is 0.556. The first-order valence-corrected chi connectivity index (χ1v) is 5.36. The third-order valence-corrected chi connectivity index (χ3v) is 2.49. The lowest BCUT2D eigenvalue weighted by atomic mass is 10.3. The fourth-order valence-corrected chi connectivity index (χ4v) is 1.32. The van der Waals surface area contributed by atoms with Crippen molar-refractivity contribution in [1.82, 2.24) is 9.78 Å². The van der Waals surface area contributed by atoms with Gasteiger partial charge in [-0.25, -0.2) is 13.5 Å². The molecule has 0 saturated heterocycles. The van der Waals surface area contributed by atoms with Crippen LogP contribution < -0.4 is 16.6 Å². The fourth-order valence-electron chi connectivity index (χ4n) is 1.11. The quantitative estimate of drug-likeness (QED) is 0.831. The minimum Gasteiger partial charge on any atom is -0.376 e. The molecule has 1 aromatic heterocycles. The number of aromatic nitrogens is 2. The van der Waals surface area contributed by atoms with Gasteiger partial charge >= 0.3 is 0 Å². The van der Waals surface area contributed by atoms with Crippen molar-refractivity contribution in [3.63, 3.8) is 0 Å². The number of anilines is 1. The molecule has 0 unspecified atom stereocenters. The first kappa shape index (κ1) is 13.9. The Labute approximate surface area is 102 Å². The Balaban J connectivity index is 2.87. The van der Waals surface area contributed by atoms with E-state index in [1.807, 2.05) is 0 Å². The van der Waals surface area contributed by atoms with Crippen LogP contribution in [0.25, 0.3) is 0 Å². The summed E-state index contributed by atoms with van der Waals surface area (Å²) in [6, 6.07) is 0. The van der Waals surface area contributed by atoms with Gasteiger partial charge in [-0.1, -0.05) is 11.6 Å². The Morgan fingerprint density at radius 2 is 2.29 bits per heavy atom. The van der Waals surface area contributed by atoms with Crippen molar-refractivity contribution in [3.05, 3.63) is 21.6 Å². The first-order chi connectivity index (χ1) is 7.91. The second-order valence-electron chi connectivity index (χ2n) is 3.41. The molecule has 3 N–H and O–H groups in total. The molecule has 8 heteroatoms. The monoisotopic (exact) mass is 266 g/mol. The molecule has 0 radical (unpaired) electrons. The molecule has 1 heterocycles. The van der Waals surface area contributed by atoms with E-state index in [-0.39, 0.29) is 10.7 Å². The molecule has 0 aliphatic rings. The Kier molecular flexibility index (Phi) is 4.41. The van der Waals surface area contributed by atoms with Gasteiger partial charge in [0.25, 0.3) is 11.5 Å². The number of halogens is 3. The molecule has 0 atom stereocenters. The van der Waals surface area contributed by atoms with Crippen molar-refractivity contribution in [3.8, 4) is 0 Å². The summed E-state index contributed by atoms with van der Waals surface area (Å²) in [6.45, 7) is 0.607. The van der Waals surface area contributed by atoms with Crippen LogP contribution in [-0.2, 0) is 6.54 Å². The molecule has 0 aliphatic carbocycles. The van der Waals surface area contributed by atoms with Crippen LogP contribution in [0.3, 0.4) is 0 Å². The Hall–Kier alpha value is -1.21. The van der Waals surface area contributed by atoms with Crippen LogP contribution in [0.15, 0.2) is 11.0 Å². The van der Waals surface area contributed by atoms with Gasteiger partial charge in [0, 0.05) is 6.54 Å². The zero-order valence-corrected chi connectivity index (χ0v) is 9.97. The molecule has 0 bridgehead atoms. The van der Waals surface area contributed by atoms with Crippen molar-refractivity contribution >= 4 is 17.3 Å². The maximum Gasteiger partial charge on any atom is 0.287 e. The number of nitrogens with two attached hydrogens (primary N) is 1. The molecule has 1 rings (SSSR count). The third kappa shape index (κ3) is 3.37. The van der Waals surface area contributed by atoms with Gasteiger partial charge in [-0.3, -0.25) is 4.79 Å². The van der Waals surface area contributed by atoms with Crippen LogP contribution >= 0.6 is 11.6 Å². The minimum absolute atomic E-state index is 0.0782. The number of nitrogens with one attached hydrogen (secondary N) is 1. The summed E-state index contributed by atoms with van der Waals surface area (Å²) in [7, 11) is 0. The van der Waals surface area contributed by atoms with Crippen molar-refractivity contribution in [1.29, 1.82) is 0 Å². The van der Waals surface area contributed by atoms with Crippen LogP contribution in [0, 0.1) is 0 Å². The number of hydrogen-bond donors (Lipinski definition) is 2. The number of aryl methyl sites for hydroxylation is 1. The SMILES string of the molecule is CCn1ncc(NCC(F)(F)CN)c(Cl)c1=O. The molecule has 0 aromatic carbocycles. The zero-order valence-electron chi connectivity index (χ0n) is 9.21. The molecular weight excluding hydrogens is 254 g/mol. The third-order valence-electron chi connectivity index (χ3n) is 2.12. The Bertz CT molecular complexity index is 449. The van der Waals surface area contributed by atoms with E-state index in [0.29, 0.717) is 6.54 Å². The molecule has 5 nitrogen and oxygen atoms in total. The molecule has 1 aromatic rings. The molecule has 0 amide bonds. The van der Waals surface area contributed by atoms with Gasteiger partial charge in [0.15, 0.2) is 0 Å². The van der Waals surface area contributed by atoms with Gasteiger partial charge in [0.1, 0.15) is 5.02 Å². The van der Waals surface area contributed by atoms with Gasteiger partial charge in [-0.05, 0) is 6.92 Å². The molecule has 17 heavy (non-hydrogen) atoms. The van der Waals surface area contributed by atoms with Crippen LogP contribution in [0.5, 0.6) is 0 Å². The molecule has 96 valence electrons. The second-order valence-corrected chi connectivity index (χ2v) is 3.78. The number of alkyl halides is 2. The highest BCUT2D eigenvalue weighted by molar-refractivity contribution is 6.32. The average Bonchev–Trinajstić information content (AvgIpc) is 2.31. The molecule has 0 fully saturated rings. The van der Waals surface area contributed by atoms with Crippen molar-refractivity contribution in [2.75, 3.05) is 18.4 Å². The van der Waals surface area contributed by atoms with E-state index in [2.05, 4.69) is 10.4 Å². The predicted octanol–water partition coefficient (Wildman–Crippen LogP) is 0.923. The zero-order chi connectivity index (χ0) is 13.1. The average molecular weight is 267 g/mol. The Morgan fingerprint density at radius 3 is 2.82 bits per heavy atom. The van der Waals surface area contributed by atoms with E-state index in [1.165, 1.54) is 6.20 Å². The summed E-state index contributed by atoms with van der Waals surface area (Å²) < 4.78 is 26.9. The highest BCUT2D eigenvalue weighted by Crippen LogP contribution is 2.18. The highest BCUT2D eigenvalue weighted by atomic mass is 35.5.